The van der Waals surface area contributed by atoms with E-state index in [9.17, 15) is 4.39 Å². The fourth-order valence-corrected chi connectivity index (χ4v) is 3.77. The maximum Gasteiger partial charge on any atom is 0.191 e. The molecule has 1 aromatic carbocycles. The molecule has 2 N–H and O–H groups in total. The average Bonchev–Trinajstić information content (AvgIpc) is 3.20. The molecule has 3 rings (SSSR count). The van der Waals surface area contributed by atoms with Crippen LogP contribution in [0.3, 0.4) is 0 Å². The molecule has 1 aliphatic rings. The Kier molecular flexibility index (Phi) is 9.46. The topological polar surface area (TPSA) is 54.9 Å². The van der Waals surface area contributed by atoms with Gasteiger partial charge in [0.25, 0.3) is 0 Å². The van der Waals surface area contributed by atoms with E-state index in [-0.39, 0.29) is 36.6 Å². The normalized spacial score (nSPS) is 14.5. The van der Waals surface area contributed by atoms with Crippen LogP contribution in [-0.4, -0.2) is 32.4 Å². The summed E-state index contributed by atoms with van der Waals surface area (Å²) in [6.07, 6.45) is 0.644. The summed E-state index contributed by atoms with van der Waals surface area (Å²) in [6, 6.07) is 7.22. The molecule has 8 heteroatoms. The summed E-state index contributed by atoms with van der Waals surface area (Å²) in [5, 5.41) is 8.68. The first-order valence-corrected chi connectivity index (χ1v) is 10.1. The van der Waals surface area contributed by atoms with Crippen LogP contribution in [0.25, 0.3) is 0 Å². The highest BCUT2D eigenvalue weighted by molar-refractivity contribution is 14.0. The monoisotopic (exact) mass is 519 g/mol. The first-order chi connectivity index (χ1) is 13.2. The van der Waals surface area contributed by atoms with Crippen LogP contribution in [-0.2, 0) is 17.8 Å². The van der Waals surface area contributed by atoms with Crippen LogP contribution < -0.4 is 15.4 Å². The number of benzene rings is 1. The summed E-state index contributed by atoms with van der Waals surface area (Å²) in [4.78, 5) is 6.02. The van der Waals surface area contributed by atoms with Gasteiger partial charge in [0, 0.05) is 29.4 Å². The molecule has 0 saturated heterocycles. The van der Waals surface area contributed by atoms with Crippen LogP contribution in [0.1, 0.15) is 35.8 Å². The predicted molar refractivity (Wildman–Crippen MR) is 123 cm³/mol. The minimum absolute atomic E-state index is 0. The number of thiophene rings is 1. The Morgan fingerprint density at radius 3 is 2.96 bits per heavy atom. The molecule has 2 aromatic rings. The van der Waals surface area contributed by atoms with Gasteiger partial charge in [-0.15, -0.1) is 35.3 Å². The molecule has 1 unspecified atom stereocenters. The SMILES string of the molecule is CCNC(=NCC(C)c1cccs1)NCCc1cc(F)cc2c1OCOC2.I. The first-order valence-electron chi connectivity index (χ1n) is 9.24. The zero-order chi connectivity index (χ0) is 19.1. The summed E-state index contributed by atoms with van der Waals surface area (Å²) < 4.78 is 24.6. The summed E-state index contributed by atoms with van der Waals surface area (Å²) in [5.74, 6) is 1.64. The van der Waals surface area contributed by atoms with Gasteiger partial charge in [0.2, 0.25) is 0 Å². The smallest absolute Gasteiger partial charge is 0.191 e. The predicted octanol–water partition coefficient (Wildman–Crippen LogP) is 4.27. The summed E-state index contributed by atoms with van der Waals surface area (Å²) in [5.41, 5.74) is 1.62. The summed E-state index contributed by atoms with van der Waals surface area (Å²) >= 11 is 1.76. The Labute approximate surface area is 186 Å². The van der Waals surface area contributed by atoms with Crippen molar-refractivity contribution in [3.8, 4) is 5.75 Å². The van der Waals surface area contributed by atoms with Crippen molar-refractivity contribution >= 4 is 41.3 Å². The Balaban J connectivity index is 0.00000280. The first kappa shape index (κ1) is 22.9. The molecule has 5 nitrogen and oxygen atoms in total. The Hall–Kier alpha value is -1.39. The zero-order valence-corrected chi connectivity index (χ0v) is 19.3. The van der Waals surface area contributed by atoms with Crippen LogP contribution in [0.2, 0.25) is 0 Å². The van der Waals surface area contributed by atoms with Crippen LogP contribution in [0.5, 0.6) is 5.75 Å². The third-order valence-electron chi connectivity index (χ3n) is 4.33. The molecule has 0 spiro atoms. The molecule has 1 atom stereocenters. The maximum absolute atomic E-state index is 13.8. The second kappa shape index (κ2) is 11.6. The molecular weight excluding hydrogens is 492 g/mol. The molecule has 2 heterocycles. The van der Waals surface area contributed by atoms with Crippen molar-refractivity contribution in [3.63, 3.8) is 0 Å². The summed E-state index contributed by atoms with van der Waals surface area (Å²) in [7, 11) is 0. The third kappa shape index (κ3) is 6.31. The van der Waals surface area contributed by atoms with Crippen LogP contribution >= 0.6 is 35.3 Å². The van der Waals surface area contributed by atoms with E-state index in [1.165, 1.54) is 17.0 Å². The molecule has 0 aliphatic carbocycles. The fraction of sp³-hybridized carbons (Fsp3) is 0.450. The van der Waals surface area contributed by atoms with E-state index < -0.39 is 0 Å². The van der Waals surface area contributed by atoms with Gasteiger partial charge in [0.15, 0.2) is 12.8 Å². The van der Waals surface area contributed by atoms with Gasteiger partial charge in [0.1, 0.15) is 11.6 Å². The van der Waals surface area contributed by atoms with E-state index in [1.807, 2.05) is 6.92 Å². The lowest BCUT2D eigenvalue weighted by molar-refractivity contribution is -0.0172. The molecule has 1 aliphatic heterocycles. The van der Waals surface area contributed by atoms with Gasteiger partial charge in [-0.2, -0.15) is 0 Å². The third-order valence-corrected chi connectivity index (χ3v) is 5.44. The quantitative estimate of drug-likeness (QED) is 0.326. The average molecular weight is 519 g/mol. The van der Waals surface area contributed by atoms with Crippen molar-refractivity contribution in [2.24, 2.45) is 4.99 Å². The Morgan fingerprint density at radius 1 is 1.36 bits per heavy atom. The number of ether oxygens (including phenoxy) is 2. The summed E-state index contributed by atoms with van der Waals surface area (Å²) in [6.45, 7) is 6.95. The second-order valence-corrected chi connectivity index (χ2v) is 7.46. The number of guanidine groups is 1. The standard InChI is InChI=1S/C20H26FN3O2S.HI/c1-3-22-20(24-11-14(2)18-5-4-8-27-18)23-7-6-15-9-17(21)10-16-12-25-13-26-19(15)16;/h4-5,8-10,14H,3,6-7,11-13H2,1-2H3,(H2,22,23,24);1H. The van der Waals surface area contributed by atoms with E-state index in [2.05, 4.69) is 40.1 Å². The highest BCUT2D eigenvalue weighted by atomic mass is 127. The molecule has 28 heavy (non-hydrogen) atoms. The van der Waals surface area contributed by atoms with Crippen molar-refractivity contribution in [1.29, 1.82) is 0 Å². The molecule has 1 aromatic heterocycles. The van der Waals surface area contributed by atoms with Gasteiger partial charge in [0.05, 0.1) is 13.2 Å². The van der Waals surface area contributed by atoms with E-state index >= 15 is 0 Å². The van der Waals surface area contributed by atoms with Crippen molar-refractivity contribution in [2.45, 2.75) is 32.8 Å². The van der Waals surface area contributed by atoms with E-state index in [0.717, 1.165) is 29.4 Å². The Bertz CT molecular complexity index is 771. The van der Waals surface area contributed by atoms with Gasteiger partial charge < -0.3 is 20.1 Å². The molecule has 0 amide bonds. The number of rotatable bonds is 7. The van der Waals surface area contributed by atoms with E-state index in [1.54, 1.807) is 11.3 Å². The van der Waals surface area contributed by atoms with Gasteiger partial charge in [-0.1, -0.05) is 13.0 Å². The van der Waals surface area contributed by atoms with Crippen molar-refractivity contribution in [2.75, 3.05) is 26.4 Å². The lowest BCUT2D eigenvalue weighted by atomic mass is 10.1. The minimum atomic E-state index is -0.261. The Morgan fingerprint density at radius 2 is 2.21 bits per heavy atom. The number of aliphatic imine (C=N–C) groups is 1. The van der Waals surface area contributed by atoms with Crippen molar-refractivity contribution < 1.29 is 13.9 Å². The van der Waals surface area contributed by atoms with Crippen LogP contribution in [0.4, 0.5) is 4.39 Å². The van der Waals surface area contributed by atoms with Gasteiger partial charge in [-0.05, 0) is 42.5 Å². The highest BCUT2D eigenvalue weighted by Gasteiger charge is 2.16. The molecule has 0 radical (unpaired) electrons. The van der Waals surface area contributed by atoms with Crippen molar-refractivity contribution in [1.82, 2.24) is 10.6 Å². The number of fused-ring (bicyclic) bond motifs is 1. The number of nitrogens with zero attached hydrogens (tertiary/aromatic N) is 1. The second-order valence-electron chi connectivity index (χ2n) is 6.48. The number of hydrogen-bond donors (Lipinski definition) is 2. The zero-order valence-electron chi connectivity index (χ0n) is 16.2. The fourth-order valence-electron chi connectivity index (χ4n) is 2.99. The van der Waals surface area contributed by atoms with Crippen LogP contribution in [0, 0.1) is 5.82 Å². The van der Waals surface area contributed by atoms with Gasteiger partial charge in [-0.25, -0.2) is 4.39 Å². The number of hydrogen-bond acceptors (Lipinski definition) is 4. The number of halogens is 2. The lowest BCUT2D eigenvalue weighted by Gasteiger charge is -2.21. The minimum Gasteiger partial charge on any atom is -0.467 e. The molecule has 0 fully saturated rings. The molecular formula is C20H27FIN3O2S. The van der Waals surface area contributed by atoms with Gasteiger partial charge >= 0.3 is 0 Å². The highest BCUT2D eigenvalue weighted by Crippen LogP contribution is 2.29. The number of nitrogens with one attached hydrogen (secondary N) is 2. The molecule has 0 bridgehead atoms. The van der Waals surface area contributed by atoms with Gasteiger partial charge in [-0.3, -0.25) is 4.99 Å². The van der Waals surface area contributed by atoms with Crippen molar-refractivity contribution in [3.05, 3.63) is 51.5 Å². The molecule has 0 saturated carbocycles. The molecule has 154 valence electrons. The van der Waals surface area contributed by atoms with Crippen LogP contribution in [0.15, 0.2) is 34.6 Å². The largest absolute Gasteiger partial charge is 0.467 e. The van der Waals surface area contributed by atoms with E-state index in [0.29, 0.717) is 32.0 Å². The lowest BCUT2D eigenvalue weighted by Crippen LogP contribution is -2.38. The maximum atomic E-state index is 13.8. The van der Waals surface area contributed by atoms with E-state index in [4.69, 9.17) is 9.47 Å².